The van der Waals surface area contributed by atoms with Gasteiger partial charge in [-0.25, -0.2) is 0 Å². The van der Waals surface area contributed by atoms with Gasteiger partial charge in [-0.15, -0.1) is 0 Å². The van der Waals surface area contributed by atoms with E-state index in [0.29, 0.717) is 11.1 Å². The number of hydrogen-bond acceptors (Lipinski definition) is 10. The van der Waals surface area contributed by atoms with E-state index in [1.807, 2.05) is 0 Å². The van der Waals surface area contributed by atoms with Gasteiger partial charge in [0.05, 0.1) is 17.5 Å². The van der Waals surface area contributed by atoms with Crippen molar-refractivity contribution in [2.45, 2.75) is 12.5 Å². The first-order chi connectivity index (χ1) is 19.1. The number of fused-ring (bicyclic) bond motifs is 2. The van der Waals surface area contributed by atoms with E-state index in [1.165, 1.54) is 36.4 Å². The maximum atomic E-state index is 13.1. The van der Waals surface area contributed by atoms with Gasteiger partial charge in [-0.05, 0) is 42.0 Å². The first-order valence-electron chi connectivity index (χ1n) is 12.0. The zero-order valence-corrected chi connectivity index (χ0v) is 20.5. The van der Waals surface area contributed by atoms with E-state index in [0.717, 1.165) is 18.2 Å². The third-order valence-corrected chi connectivity index (χ3v) is 6.79. The molecule has 1 aliphatic rings. The van der Waals surface area contributed by atoms with Crippen molar-refractivity contribution in [2.75, 3.05) is 0 Å². The molecule has 4 aromatic carbocycles. The van der Waals surface area contributed by atoms with Gasteiger partial charge in [0.2, 0.25) is 0 Å². The molecule has 1 aromatic heterocycles. The summed E-state index contributed by atoms with van der Waals surface area (Å²) < 4.78 is 11.8. The van der Waals surface area contributed by atoms with Crippen LogP contribution in [0.5, 0.6) is 40.2 Å². The van der Waals surface area contributed by atoms with Crippen LogP contribution in [-0.4, -0.2) is 36.4 Å². The predicted molar refractivity (Wildman–Crippen MR) is 142 cm³/mol. The lowest BCUT2D eigenvalue weighted by molar-refractivity contribution is 0.0846. The smallest absolute Gasteiger partial charge is 0.197 e. The number of Topliss-reactive ketones (excluding diaryl/α,β-unsaturated/α-hetero) is 1. The maximum absolute atomic E-state index is 13.1. The van der Waals surface area contributed by atoms with Gasteiger partial charge in [0, 0.05) is 23.8 Å². The molecule has 2 heterocycles. The Morgan fingerprint density at radius 1 is 0.675 bits per heavy atom. The number of carbonyl (C=O) groups excluding carboxylic acids is 1. The number of hydrogen-bond donors (Lipinski definition) is 6. The molecule has 0 radical (unpaired) electrons. The fraction of sp³-hybridized carbons (Fsp3) is 0.0667. The summed E-state index contributed by atoms with van der Waals surface area (Å²) in [5, 5.41) is 62.4. The molecule has 40 heavy (non-hydrogen) atoms. The Morgan fingerprint density at radius 3 is 1.95 bits per heavy atom. The second-order valence-corrected chi connectivity index (χ2v) is 9.33. The largest absolute Gasteiger partial charge is 0.508 e. The Labute approximate surface area is 224 Å². The number of phenolic OH excluding ortho intramolecular Hbond substituents is 6. The summed E-state index contributed by atoms with van der Waals surface area (Å²) in [5.41, 5.74) is -0.864. The Balaban J connectivity index is 1.56. The Kier molecular flexibility index (Phi) is 5.54. The van der Waals surface area contributed by atoms with E-state index < -0.39 is 45.9 Å². The van der Waals surface area contributed by atoms with Crippen LogP contribution in [0.3, 0.4) is 0 Å². The van der Waals surface area contributed by atoms with Crippen molar-refractivity contribution in [2.24, 2.45) is 0 Å². The van der Waals surface area contributed by atoms with Crippen molar-refractivity contribution < 1.29 is 44.6 Å². The Hall–Kier alpha value is -5.64. The summed E-state index contributed by atoms with van der Waals surface area (Å²) in [4.78, 5) is 26.2. The SMILES string of the molecule is O=C1C[C@@H](c2ccc(O)cc2)Oc2c1c(O)cc(O)c2-c1c(O)cc2oc(-c3ccc(O)cc3)cc(=O)c2c1O. The van der Waals surface area contributed by atoms with Crippen molar-refractivity contribution in [3.63, 3.8) is 0 Å². The highest BCUT2D eigenvalue weighted by molar-refractivity contribution is 6.07. The molecule has 0 aliphatic carbocycles. The maximum Gasteiger partial charge on any atom is 0.197 e. The highest BCUT2D eigenvalue weighted by atomic mass is 16.5. The summed E-state index contributed by atoms with van der Waals surface area (Å²) in [5.74, 6) is -3.27. The first kappa shape index (κ1) is 24.7. The fourth-order valence-corrected chi connectivity index (χ4v) is 4.89. The number of benzene rings is 4. The average Bonchev–Trinajstić information content (AvgIpc) is 2.90. The third-order valence-electron chi connectivity index (χ3n) is 6.79. The van der Waals surface area contributed by atoms with Crippen molar-refractivity contribution in [1.82, 2.24) is 0 Å². The zero-order valence-electron chi connectivity index (χ0n) is 20.5. The molecule has 6 rings (SSSR count). The monoisotopic (exact) mass is 540 g/mol. The number of phenols is 6. The molecular weight excluding hydrogens is 520 g/mol. The van der Waals surface area contributed by atoms with E-state index in [1.54, 1.807) is 12.1 Å². The van der Waals surface area contributed by atoms with Gasteiger partial charge in [0.25, 0.3) is 0 Å². The molecular formula is C30H20O10. The van der Waals surface area contributed by atoms with Gasteiger partial charge in [0.15, 0.2) is 11.2 Å². The number of aromatic hydroxyl groups is 6. The zero-order chi connectivity index (χ0) is 28.3. The lowest BCUT2D eigenvalue weighted by atomic mass is 9.90. The molecule has 200 valence electrons. The average molecular weight is 540 g/mol. The van der Waals surface area contributed by atoms with Crippen LogP contribution in [0.1, 0.15) is 28.4 Å². The van der Waals surface area contributed by atoms with Crippen molar-refractivity contribution in [3.8, 4) is 62.7 Å². The van der Waals surface area contributed by atoms with Crippen LogP contribution >= 0.6 is 0 Å². The van der Waals surface area contributed by atoms with Crippen molar-refractivity contribution in [3.05, 3.63) is 88.1 Å². The minimum absolute atomic E-state index is 0.000623. The van der Waals surface area contributed by atoms with Crippen LogP contribution < -0.4 is 10.2 Å². The van der Waals surface area contributed by atoms with Crippen molar-refractivity contribution in [1.29, 1.82) is 0 Å². The van der Waals surface area contributed by atoms with Crippen LogP contribution in [-0.2, 0) is 0 Å². The molecule has 0 saturated carbocycles. The van der Waals surface area contributed by atoms with Crippen LogP contribution in [0.4, 0.5) is 0 Å². The van der Waals surface area contributed by atoms with Crippen LogP contribution in [0, 0.1) is 0 Å². The minimum atomic E-state index is -0.886. The summed E-state index contributed by atoms with van der Waals surface area (Å²) >= 11 is 0. The van der Waals surface area contributed by atoms with Gasteiger partial charge in [-0.1, -0.05) is 12.1 Å². The van der Waals surface area contributed by atoms with Gasteiger partial charge < -0.3 is 39.8 Å². The molecule has 6 N–H and O–H groups in total. The third kappa shape index (κ3) is 3.90. The molecule has 0 bridgehead atoms. The standard InChI is InChI=1S/C30H20O10/c31-15-5-1-13(2-6-15)22-11-20(36)26-24(39-22)12-21(37)27(29(26)38)28-18(34)9-17(33)25-19(35)10-23(40-30(25)28)14-3-7-16(32)8-4-14/h1-9,11-12,23,31-34,37-38H,10H2/t23-/m0/s1. The Bertz CT molecular complexity index is 1890. The van der Waals surface area contributed by atoms with E-state index in [4.69, 9.17) is 9.15 Å². The van der Waals surface area contributed by atoms with Crippen LogP contribution in [0.15, 0.2) is 75.9 Å². The van der Waals surface area contributed by atoms with Gasteiger partial charge >= 0.3 is 0 Å². The quantitative estimate of drug-likeness (QED) is 0.181. The van der Waals surface area contributed by atoms with Crippen LogP contribution in [0.25, 0.3) is 33.4 Å². The number of ether oxygens (including phenoxy) is 1. The predicted octanol–water partition coefficient (Wildman–Crippen LogP) is 5.07. The molecule has 5 aromatic rings. The molecule has 0 saturated heterocycles. The normalized spacial score (nSPS) is 14.6. The Morgan fingerprint density at radius 2 is 1.27 bits per heavy atom. The summed E-state index contributed by atoms with van der Waals surface area (Å²) in [7, 11) is 0. The lowest BCUT2D eigenvalue weighted by Crippen LogP contribution is -2.21. The first-order valence-corrected chi connectivity index (χ1v) is 12.0. The molecule has 10 nitrogen and oxygen atoms in total. The highest BCUT2D eigenvalue weighted by Crippen LogP contribution is 2.54. The molecule has 10 heteroatoms. The minimum Gasteiger partial charge on any atom is -0.508 e. The fourth-order valence-electron chi connectivity index (χ4n) is 4.89. The number of ketones is 1. The van der Waals surface area contributed by atoms with Crippen LogP contribution in [0.2, 0.25) is 0 Å². The number of carbonyl (C=O) groups is 1. The molecule has 0 fully saturated rings. The second-order valence-electron chi connectivity index (χ2n) is 9.33. The van der Waals surface area contributed by atoms with Gasteiger partial charge in [-0.2, -0.15) is 0 Å². The lowest BCUT2D eigenvalue weighted by Gasteiger charge is -2.28. The summed E-state index contributed by atoms with van der Waals surface area (Å²) in [6.45, 7) is 0. The van der Waals surface area contributed by atoms with E-state index in [9.17, 15) is 40.2 Å². The second kappa shape index (κ2) is 8.98. The van der Waals surface area contributed by atoms with Gasteiger partial charge in [0.1, 0.15) is 68.6 Å². The van der Waals surface area contributed by atoms with Gasteiger partial charge in [-0.3, -0.25) is 9.59 Å². The van der Waals surface area contributed by atoms with E-state index in [2.05, 4.69) is 0 Å². The highest BCUT2D eigenvalue weighted by Gasteiger charge is 2.36. The number of rotatable bonds is 3. The van der Waals surface area contributed by atoms with Crippen molar-refractivity contribution >= 4 is 16.8 Å². The topological polar surface area (TPSA) is 178 Å². The summed E-state index contributed by atoms with van der Waals surface area (Å²) in [6.07, 6.45) is -1.06. The van der Waals surface area contributed by atoms with E-state index in [-0.39, 0.29) is 51.5 Å². The molecule has 0 spiro atoms. The molecule has 1 aliphatic heterocycles. The van der Waals surface area contributed by atoms with E-state index >= 15 is 0 Å². The molecule has 1 atom stereocenters. The molecule has 0 unspecified atom stereocenters. The molecule has 0 amide bonds. The summed E-state index contributed by atoms with van der Waals surface area (Å²) in [6, 6.07) is 14.8.